The Morgan fingerprint density at radius 1 is 1.19 bits per heavy atom. The SMILES string of the molecule is COc1ccc(CNc2cc(Cl)c(Cl)cc2[N+](=O)[O-])cc1. The van der Waals surface area contributed by atoms with Crippen molar-refractivity contribution in [2.45, 2.75) is 6.54 Å². The summed E-state index contributed by atoms with van der Waals surface area (Å²) in [6.07, 6.45) is 0. The molecule has 2 aromatic carbocycles. The van der Waals surface area contributed by atoms with Gasteiger partial charge in [-0.15, -0.1) is 0 Å². The van der Waals surface area contributed by atoms with Crippen molar-refractivity contribution in [1.29, 1.82) is 0 Å². The number of halogens is 2. The Labute approximate surface area is 131 Å². The lowest BCUT2D eigenvalue weighted by Crippen LogP contribution is -2.03. The first-order valence-corrected chi connectivity index (χ1v) is 6.77. The highest BCUT2D eigenvalue weighted by molar-refractivity contribution is 6.42. The molecule has 0 saturated carbocycles. The fourth-order valence-corrected chi connectivity index (χ4v) is 2.09. The molecule has 5 nitrogen and oxygen atoms in total. The Hall–Kier alpha value is -1.98. The minimum absolute atomic E-state index is 0.113. The lowest BCUT2D eigenvalue weighted by atomic mass is 10.2. The summed E-state index contributed by atoms with van der Waals surface area (Å²) in [5.41, 5.74) is 1.17. The fraction of sp³-hybridized carbons (Fsp3) is 0.143. The summed E-state index contributed by atoms with van der Waals surface area (Å²) in [5.74, 6) is 0.749. The third-order valence-corrected chi connectivity index (χ3v) is 3.60. The third-order valence-electron chi connectivity index (χ3n) is 2.88. The Morgan fingerprint density at radius 3 is 2.38 bits per heavy atom. The van der Waals surface area contributed by atoms with Crippen LogP contribution >= 0.6 is 23.2 Å². The summed E-state index contributed by atoms with van der Waals surface area (Å²) in [6.45, 7) is 0.419. The van der Waals surface area contributed by atoms with Crippen molar-refractivity contribution in [1.82, 2.24) is 0 Å². The average Bonchev–Trinajstić information content (AvgIpc) is 2.48. The molecule has 7 heteroatoms. The number of nitrogens with zero attached hydrogens (tertiary/aromatic N) is 1. The van der Waals surface area contributed by atoms with Gasteiger partial charge in [0, 0.05) is 12.6 Å². The number of benzene rings is 2. The van der Waals surface area contributed by atoms with Crippen molar-refractivity contribution in [3.8, 4) is 5.75 Å². The molecule has 21 heavy (non-hydrogen) atoms. The van der Waals surface area contributed by atoms with E-state index in [0.29, 0.717) is 12.2 Å². The second-order valence-electron chi connectivity index (χ2n) is 4.24. The van der Waals surface area contributed by atoms with Crippen LogP contribution in [0.1, 0.15) is 5.56 Å². The molecule has 0 aliphatic rings. The molecule has 1 N–H and O–H groups in total. The topological polar surface area (TPSA) is 64.4 Å². The third kappa shape index (κ3) is 3.77. The van der Waals surface area contributed by atoms with Crippen molar-refractivity contribution in [3.05, 3.63) is 62.1 Å². The molecule has 0 heterocycles. The van der Waals surface area contributed by atoms with Crippen LogP contribution < -0.4 is 10.1 Å². The van der Waals surface area contributed by atoms with Crippen molar-refractivity contribution in [2.24, 2.45) is 0 Å². The first-order chi connectivity index (χ1) is 10.0. The van der Waals surface area contributed by atoms with Gasteiger partial charge in [0.2, 0.25) is 0 Å². The van der Waals surface area contributed by atoms with Crippen LogP contribution in [0.15, 0.2) is 36.4 Å². The largest absolute Gasteiger partial charge is 0.497 e. The molecule has 2 rings (SSSR count). The molecule has 0 radical (unpaired) electrons. The van der Waals surface area contributed by atoms with E-state index in [4.69, 9.17) is 27.9 Å². The minimum Gasteiger partial charge on any atom is -0.497 e. The van der Waals surface area contributed by atoms with Crippen LogP contribution in [0.4, 0.5) is 11.4 Å². The van der Waals surface area contributed by atoms with E-state index >= 15 is 0 Å². The number of hydrogen-bond acceptors (Lipinski definition) is 4. The van der Waals surface area contributed by atoms with Crippen LogP contribution in [0.3, 0.4) is 0 Å². The number of hydrogen-bond donors (Lipinski definition) is 1. The number of rotatable bonds is 5. The van der Waals surface area contributed by atoms with Crippen LogP contribution in [-0.2, 0) is 6.54 Å². The van der Waals surface area contributed by atoms with Gasteiger partial charge in [0.05, 0.1) is 22.1 Å². The van der Waals surface area contributed by atoms with E-state index in [1.807, 2.05) is 24.3 Å². The molecular formula is C14H12Cl2N2O3. The highest BCUT2D eigenvalue weighted by Gasteiger charge is 2.16. The normalized spacial score (nSPS) is 10.2. The van der Waals surface area contributed by atoms with E-state index in [-0.39, 0.29) is 15.7 Å². The molecule has 0 fully saturated rings. The fourth-order valence-electron chi connectivity index (χ4n) is 1.77. The van der Waals surface area contributed by atoms with Crippen LogP contribution in [0, 0.1) is 10.1 Å². The summed E-state index contributed by atoms with van der Waals surface area (Å²) in [5, 5.41) is 14.4. The number of methoxy groups -OCH3 is 1. The van der Waals surface area contributed by atoms with Crippen LogP contribution in [0.5, 0.6) is 5.75 Å². The number of nitrogens with one attached hydrogen (secondary N) is 1. The molecule has 0 aliphatic carbocycles. The van der Waals surface area contributed by atoms with Gasteiger partial charge in [0.25, 0.3) is 5.69 Å². The van der Waals surface area contributed by atoms with Crippen LogP contribution in [-0.4, -0.2) is 12.0 Å². The molecule has 110 valence electrons. The zero-order valence-electron chi connectivity index (χ0n) is 11.1. The Balaban J connectivity index is 2.18. The van der Waals surface area contributed by atoms with E-state index in [2.05, 4.69) is 5.32 Å². The van der Waals surface area contributed by atoms with Crippen molar-refractivity contribution in [3.63, 3.8) is 0 Å². The monoisotopic (exact) mass is 326 g/mol. The van der Waals surface area contributed by atoms with Gasteiger partial charge in [0.1, 0.15) is 11.4 Å². The zero-order valence-corrected chi connectivity index (χ0v) is 12.6. The molecule has 0 aromatic heterocycles. The van der Waals surface area contributed by atoms with E-state index in [0.717, 1.165) is 11.3 Å². The maximum Gasteiger partial charge on any atom is 0.293 e. The lowest BCUT2D eigenvalue weighted by molar-refractivity contribution is -0.383. The average molecular weight is 327 g/mol. The molecule has 0 unspecified atom stereocenters. The maximum atomic E-state index is 11.0. The zero-order chi connectivity index (χ0) is 15.4. The van der Waals surface area contributed by atoms with Crippen LogP contribution in [0.2, 0.25) is 10.0 Å². The molecule has 0 atom stereocenters. The molecule has 0 amide bonds. The van der Waals surface area contributed by atoms with Crippen LogP contribution in [0.25, 0.3) is 0 Å². The summed E-state index contributed by atoms with van der Waals surface area (Å²) in [6, 6.07) is 10.1. The second kappa shape index (κ2) is 6.65. The van der Waals surface area contributed by atoms with Crippen molar-refractivity contribution < 1.29 is 9.66 Å². The van der Waals surface area contributed by atoms with E-state index < -0.39 is 4.92 Å². The number of anilines is 1. The van der Waals surface area contributed by atoms with E-state index in [1.165, 1.54) is 12.1 Å². The van der Waals surface area contributed by atoms with Gasteiger partial charge in [-0.1, -0.05) is 35.3 Å². The van der Waals surface area contributed by atoms with Gasteiger partial charge in [-0.05, 0) is 23.8 Å². The van der Waals surface area contributed by atoms with Crippen molar-refractivity contribution in [2.75, 3.05) is 12.4 Å². The van der Waals surface area contributed by atoms with Gasteiger partial charge in [-0.2, -0.15) is 0 Å². The Kier molecular flexibility index (Phi) is 4.88. The smallest absolute Gasteiger partial charge is 0.293 e. The number of nitro benzene ring substituents is 1. The first-order valence-electron chi connectivity index (χ1n) is 6.01. The predicted molar refractivity (Wildman–Crippen MR) is 83.4 cm³/mol. The molecule has 0 saturated heterocycles. The van der Waals surface area contributed by atoms with E-state index in [9.17, 15) is 10.1 Å². The standard InChI is InChI=1S/C14H12Cl2N2O3/c1-21-10-4-2-9(3-5-10)8-17-13-6-11(15)12(16)7-14(13)18(19)20/h2-7,17H,8H2,1H3. The lowest BCUT2D eigenvalue weighted by Gasteiger charge is -2.09. The quantitative estimate of drug-likeness (QED) is 0.648. The van der Waals surface area contributed by atoms with E-state index in [1.54, 1.807) is 7.11 Å². The van der Waals surface area contributed by atoms with Gasteiger partial charge in [-0.3, -0.25) is 10.1 Å². The summed E-state index contributed by atoms with van der Waals surface area (Å²) in [4.78, 5) is 10.5. The first kappa shape index (κ1) is 15.4. The minimum atomic E-state index is -0.501. The maximum absolute atomic E-state index is 11.0. The summed E-state index contributed by atoms with van der Waals surface area (Å²) >= 11 is 11.7. The molecule has 0 spiro atoms. The molecule has 0 bridgehead atoms. The van der Waals surface area contributed by atoms with Crippen molar-refractivity contribution >= 4 is 34.6 Å². The highest BCUT2D eigenvalue weighted by atomic mass is 35.5. The van der Waals surface area contributed by atoms with Gasteiger partial charge in [0.15, 0.2) is 0 Å². The number of nitro groups is 1. The second-order valence-corrected chi connectivity index (χ2v) is 5.06. The Bertz CT molecular complexity index is 660. The predicted octanol–water partition coefficient (Wildman–Crippen LogP) is 4.52. The summed E-state index contributed by atoms with van der Waals surface area (Å²) < 4.78 is 5.07. The highest BCUT2D eigenvalue weighted by Crippen LogP contribution is 2.34. The number of ether oxygens (including phenoxy) is 1. The molecule has 2 aromatic rings. The molecule has 0 aliphatic heterocycles. The van der Waals surface area contributed by atoms with Gasteiger partial charge >= 0.3 is 0 Å². The van der Waals surface area contributed by atoms with Gasteiger partial charge < -0.3 is 10.1 Å². The van der Waals surface area contributed by atoms with Gasteiger partial charge in [-0.25, -0.2) is 0 Å². The Morgan fingerprint density at radius 2 is 1.81 bits per heavy atom. The molecular weight excluding hydrogens is 315 g/mol. The summed E-state index contributed by atoms with van der Waals surface area (Å²) in [7, 11) is 1.59.